The van der Waals surface area contributed by atoms with E-state index in [9.17, 15) is 4.39 Å². The monoisotopic (exact) mass is 281 g/mol. The summed E-state index contributed by atoms with van der Waals surface area (Å²) in [5, 5.41) is 0. The zero-order valence-corrected chi connectivity index (χ0v) is 11.8. The molecular formula is C17H16FN3. The second-order valence-corrected chi connectivity index (χ2v) is 5.72. The second kappa shape index (κ2) is 4.32. The Balaban J connectivity index is 2.01. The molecule has 0 spiro atoms. The van der Waals surface area contributed by atoms with E-state index in [1.165, 1.54) is 6.07 Å². The number of anilines is 1. The van der Waals surface area contributed by atoms with Crippen molar-refractivity contribution in [3.05, 3.63) is 47.8 Å². The van der Waals surface area contributed by atoms with Gasteiger partial charge in [0.2, 0.25) is 0 Å². The lowest BCUT2D eigenvalue weighted by Gasteiger charge is -2.09. The Bertz CT molecular complexity index is 847. The molecule has 106 valence electrons. The van der Waals surface area contributed by atoms with E-state index in [0.29, 0.717) is 11.6 Å². The Morgan fingerprint density at radius 1 is 1.24 bits per heavy atom. The zero-order valence-electron chi connectivity index (χ0n) is 11.8. The third-order valence-corrected chi connectivity index (χ3v) is 4.12. The summed E-state index contributed by atoms with van der Waals surface area (Å²) in [6.45, 7) is 1.97. The number of nitrogens with zero attached hydrogens (tertiary/aromatic N) is 2. The fraction of sp³-hybridized carbons (Fsp3) is 0.235. The molecule has 0 unspecified atom stereocenters. The van der Waals surface area contributed by atoms with Crippen molar-refractivity contribution in [1.82, 2.24) is 9.55 Å². The number of halogens is 1. The van der Waals surface area contributed by atoms with Crippen LogP contribution in [0.15, 0.2) is 36.4 Å². The molecule has 1 heterocycles. The van der Waals surface area contributed by atoms with Gasteiger partial charge in [0.1, 0.15) is 11.3 Å². The van der Waals surface area contributed by atoms with Crippen molar-refractivity contribution in [2.24, 2.45) is 0 Å². The number of nitrogens with two attached hydrogens (primary N) is 1. The van der Waals surface area contributed by atoms with Crippen molar-refractivity contribution >= 4 is 16.7 Å². The maximum absolute atomic E-state index is 14.0. The molecule has 0 atom stereocenters. The molecule has 0 radical (unpaired) electrons. The van der Waals surface area contributed by atoms with Gasteiger partial charge in [0.05, 0.1) is 5.52 Å². The van der Waals surface area contributed by atoms with E-state index < -0.39 is 0 Å². The number of hydrogen-bond acceptors (Lipinski definition) is 2. The number of para-hydroxylation sites is 1. The summed E-state index contributed by atoms with van der Waals surface area (Å²) in [7, 11) is 0. The van der Waals surface area contributed by atoms with Gasteiger partial charge in [-0.2, -0.15) is 0 Å². The van der Waals surface area contributed by atoms with Crippen LogP contribution in [-0.4, -0.2) is 9.55 Å². The van der Waals surface area contributed by atoms with Crippen LogP contribution in [0.25, 0.3) is 22.4 Å². The van der Waals surface area contributed by atoms with Gasteiger partial charge in [0, 0.05) is 17.3 Å². The molecule has 21 heavy (non-hydrogen) atoms. The van der Waals surface area contributed by atoms with Crippen molar-refractivity contribution in [2.75, 3.05) is 5.73 Å². The van der Waals surface area contributed by atoms with Gasteiger partial charge >= 0.3 is 0 Å². The first kappa shape index (κ1) is 12.4. The molecule has 1 aromatic heterocycles. The van der Waals surface area contributed by atoms with Crippen LogP contribution in [0.2, 0.25) is 0 Å². The molecule has 1 saturated carbocycles. The molecule has 4 rings (SSSR count). The summed E-state index contributed by atoms with van der Waals surface area (Å²) >= 11 is 0. The second-order valence-electron chi connectivity index (χ2n) is 5.72. The van der Waals surface area contributed by atoms with Crippen molar-refractivity contribution in [3.8, 4) is 11.4 Å². The molecule has 0 amide bonds. The molecule has 2 aromatic carbocycles. The first-order chi connectivity index (χ1) is 10.1. The molecule has 1 aliphatic rings. The molecule has 3 nitrogen and oxygen atoms in total. The van der Waals surface area contributed by atoms with E-state index in [0.717, 1.165) is 41.0 Å². The minimum absolute atomic E-state index is 0.270. The summed E-state index contributed by atoms with van der Waals surface area (Å²) in [5.74, 6) is 0.539. The topological polar surface area (TPSA) is 43.8 Å². The van der Waals surface area contributed by atoms with E-state index in [1.807, 2.05) is 31.2 Å². The number of imidazole rings is 1. The van der Waals surface area contributed by atoms with Gasteiger partial charge in [0.25, 0.3) is 0 Å². The third-order valence-electron chi connectivity index (χ3n) is 4.12. The van der Waals surface area contributed by atoms with Crippen LogP contribution in [0.1, 0.15) is 24.4 Å². The van der Waals surface area contributed by atoms with Crippen LogP contribution < -0.4 is 5.73 Å². The lowest BCUT2D eigenvalue weighted by atomic mass is 10.1. The number of benzene rings is 2. The van der Waals surface area contributed by atoms with Crippen LogP contribution in [0.5, 0.6) is 0 Å². The lowest BCUT2D eigenvalue weighted by molar-refractivity contribution is 0.637. The van der Waals surface area contributed by atoms with E-state index in [1.54, 1.807) is 6.07 Å². The fourth-order valence-corrected chi connectivity index (χ4v) is 2.77. The maximum Gasteiger partial charge on any atom is 0.151 e. The molecule has 4 heteroatoms. The first-order valence-corrected chi connectivity index (χ1v) is 7.18. The number of aromatic nitrogens is 2. The summed E-state index contributed by atoms with van der Waals surface area (Å²) in [4.78, 5) is 4.55. The first-order valence-electron chi connectivity index (χ1n) is 7.18. The summed E-state index contributed by atoms with van der Waals surface area (Å²) in [6, 6.07) is 11.5. The highest BCUT2D eigenvalue weighted by molar-refractivity contribution is 5.82. The Kier molecular flexibility index (Phi) is 2.55. The molecule has 1 aliphatic carbocycles. The third kappa shape index (κ3) is 1.90. The van der Waals surface area contributed by atoms with Crippen molar-refractivity contribution < 1.29 is 4.39 Å². The largest absolute Gasteiger partial charge is 0.398 e. The van der Waals surface area contributed by atoms with Gasteiger partial charge in [-0.3, -0.25) is 0 Å². The lowest BCUT2D eigenvalue weighted by Crippen LogP contribution is -1.98. The predicted molar refractivity (Wildman–Crippen MR) is 82.5 cm³/mol. The predicted octanol–water partition coefficient (Wildman–Crippen LogP) is 4.07. The van der Waals surface area contributed by atoms with Crippen LogP contribution in [0.3, 0.4) is 0 Å². The Morgan fingerprint density at radius 2 is 2.05 bits per heavy atom. The average molecular weight is 281 g/mol. The van der Waals surface area contributed by atoms with Crippen LogP contribution in [-0.2, 0) is 0 Å². The minimum atomic E-state index is -0.270. The number of aryl methyl sites for hydroxylation is 1. The SMILES string of the molecule is Cc1ccc(-c2nc3c(F)cccc3n2C2CC2)cc1N. The van der Waals surface area contributed by atoms with Gasteiger partial charge < -0.3 is 10.3 Å². The highest BCUT2D eigenvalue weighted by Crippen LogP contribution is 2.41. The maximum atomic E-state index is 14.0. The highest BCUT2D eigenvalue weighted by atomic mass is 19.1. The Hall–Kier alpha value is -2.36. The normalized spacial score (nSPS) is 14.8. The van der Waals surface area contributed by atoms with Gasteiger partial charge in [-0.1, -0.05) is 18.2 Å². The van der Waals surface area contributed by atoms with Crippen molar-refractivity contribution in [1.29, 1.82) is 0 Å². The van der Waals surface area contributed by atoms with E-state index in [4.69, 9.17) is 5.73 Å². The minimum Gasteiger partial charge on any atom is -0.398 e. The highest BCUT2D eigenvalue weighted by Gasteiger charge is 2.29. The standard InChI is InChI=1S/C17H16FN3/c1-10-5-6-11(9-14(10)19)17-20-16-13(18)3-2-4-15(16)21(17)12-7-8-12/h2-6,9,12H,7-8,19H2,1H3. The van der Waals surface area contributed by atoms with Crippen LogP contribution >= 0.6 is 0 Å². The number of rotatable bonds is 2. The summed E-state index contributed by atoms with van der Waals surface area (Å²) in [6.07, 6.45) is 2.24. The van der Waals surface area contributed by atoms with Crippen molar-refractivity contribution in [2.45, 2.75) is 25.8 Å². The molecule has 1 fully saturated rings. The van der Waals surface area contributed by atoms with Gasteiger partial charge in [-0.25, -0.2) is 9.37 Å². The number of hydrogen-bond donors (Lipinski definition) is 1. The van der Waals surface area contributed by atoms with E-state index in [2.05, 4.69) is 9.55 Å². The van der Waals surface area contributed by atoms with Crippen LogP contribution in [0.4, 0.5) is 10.1 Å². The molecule has 0 bridgehead atoms. The molecule has 0 saturated heterocycles. The fourth-order valence-electron chi connectivity index (χ4n) is 2.77. The van der Waals surface area contributed by atoms with E-state index in [-0.39, 0.29) is 5.82 Å². The van der Waals surface area contributed by atoms with Gasteiger partial charge in [-0.05, 0) is 43.5 Å². The van der Waals surface area contributed by atoms with Gasteiger partial charge in [-0.15, -0.1) is 0 Å². The van der Waals surface area contributed by atoms with Gasteiger partial charge in [0.15, 0.2) is 5.82 Å². The van der Waals surface area contributed by atoms with Crippen molar-refractivity contribution in [3.63, 3.8) is 0 Å². The van der Waals surface area contributed by atoms with E-state index >= 15 is 0 Å². The summed E-state index contributed by atoms with van der Waals surface area (Å²) in [5.41, 5.74) is 10.0. The Labute approximate surface area is 122 Å². The summed E-state index contributed by atoms with van der Waals surface area (Å²) < 4.78 is 16.2. The molecular weight excluding hydrogens is 265 g/mol. The number of fused-ring (bicyclic) bond motifs is 1. The molecule has 3 aromatic rings. The van der Waals surface area contributed by atoms with Crippen LogP contribution in [0, 0.1) is 12.7 Å². The smallest absolute Gasteiger partial charge is 0.151 e. The quantitative estimate of drug-likeness (QED) is 0.720. The zero-order chi connectivity index (χ0) is 14.6. The Morgan fingerprint density at radius 3 is 2.76 bits per heavy atom. The average Bonchev–Trinajstić information content (AvgIpc) is 3.22. The molecule has 0 aliphatic heterocycles. The molecule has 2 N–H and O–H groups in total. The number of nitrogen functional groups attached to an aromatic ring is 1.